The maximum absolute atomic E-state index is 12.3. The van der Waals surface area contributed by atoms with Crippen molar-refractivity contribution in [2.24, 2.45) is 0 Å². The molecule has 0 bridgehead atoms. The molecule has 0 unspecified atom stereocenters. The standard InChI is InChI=1S/C19H19N5O3S/c1-4-27-19(26)17-12(2)13(3)28-18(17)21-16(25)10-7-14-5-8-15(9-6-14)24-11-20-22-23-24/h5-11H,4H2,1-3H3,(H,21,25)/b10-7+. The predicted octanol–water partition coefficient (Wildman–Crippen LogP) is 3.17. The third kappa shape index (κ3) is 4.32. The molecule has 1 amide bonds. The minimum absolute atomic E-state index is 0.279. The lowest BCUT2D eigenvalue weighted by molar-refractivity contribution is -0.111. The van der Waals surface area contributed by atoms with Crippen molar-refractivity contribution in [3.05, 3.63) is 58.2 Å². The van der Waals surface area contributed by atoms with Crippen molar-refractivity contribution in [1.29, 1.82) is 0 Å². The number of esters is 1. The molecule has 0 saturated carbocycles. The Bertz CT molecular complexity index is 1010. The summed E-state index contributed by atoms with van der Waals surface area (Å²) < 4.78 is 6.64. The minimum atomic E-state index is -0.429. The van der Waals surface area contributed by atoms with Crippen LogP contribution in [0.2, 0.25) is 0 Å². The number of amides is 1. The molecule has 0 radical (unpaired) electrons. The summed E-state index contributed by atoms with van der Waals surface area (Å²) in [6, 6.07) is 7.39. The Morgan fingerprint density at radius 2 is 2.00 bits per heavy atom. The van der Waals surface area contributed by atoms with Gasteiger partial charge in [0.15, 0.2) is 0 Å². The molecular formula is C19H19N5O3S. The molecule has 28 heavy (non-hydrogen) atoms. The van der Waals surface area contributed by atoms with E-state index in [1.807, 2.05) is 38.1 Å². The van der Waals surface area contributed by atoms with Gasteiger partial charge in [-0.1, -0.05) is 12.1 Å². The molecule has 2 aromatic heterocycles. The summed E-state index contributed by atoms with van der Waals surface area (Å²) in [7, 11) is 0. The number of carbonyl (C=O) groups is 2. The van der Waals surface area contributed by atoms with Gasteiger partial charge in [-0.05, 0) is 60.5 Å². The van der Waals surface area contributed by atoms with Gasteiger partial charge in [0.2, 0.25) is 5.91 Å². The second-order valence-electron chi connectivity index (χ2n) is 5.88. The molecule has 0 aliphatic heterocycles. The van der Waals surface area contributed by atoms with Crippen LogP contribution in [0.15, 0.2) is 36.7 Å². The van der Waals surface area contributed by atoms with Gasteiger partial charge in [-0.15, -0.1) is 16.4 Å². The molecule has 1 aromatic carbocycles. The van der Waals surface area contributed by atoms with E-state index in [4.69, 9.17) is 4.74 Å². The van der Waals surface area contributed by atoms with Crippen molar-refractivity contribution in [3.63, 3.8) is 0 Å². The molecule has 0 saturated heterocycles. The number of anilines is 1. The Balaban J connectivity index is 1.70. The van der Waals surface area contributed by atoms with Crippen LogP contribution in [0.25, 0.3) is 11.8 Å². The van der Waals surface area contributed by atoms with Crippen molar-refractivity contribution in [1.82, 2.24) is 20.2 Å². The number of aromatic nitrogens is 4. The van der Waals surface area contributed by atoms with E-state index in [2.05, 4.69) is 20.8 Å². The zero-order valence-electron chi connectivity index (χ0n) is 15.7. The fourth-order valence-electron chi connectivity index (χ4n) is 2.51. The largest absolute Gasteiger partial charge is 0.462 e. The maximum atomic E-state index is 12.3. The topological polar surface area (TPSA) is 99.0 Å². The Labute approximate surface area is 165 Å². The van der Waals surface area contributed by atoms with Crippen molar-refractivity contribution >= 4 is 34.3 Å². The molecule has 3 rings (SSSR count). The summed E-state index contributed by atoms with van der Waals surface area (Å²) in [6.45, 7) is 5.77. The third-order valence-corrected chi connectivity index (χ3v) is 5.16. The van der Waals surface area contributed by atoms with E-state index in [9.17, 15) is 9.59 Å². The van der Waals surface area contributed by atoms with Crippen LogP contribution in [0.1, 0.15) is 33.3 Å². The van der Waals surface area contributed by atoms with E-state index in [1.54, 1.807) is 17.7 Å². The summed E-state index contributed by atoms with van der Waals surface area (Å²) in [5, 5.41) is 14.3. The fourth-order valence-corrected chi connectivity index (χ4v) is 3.56. The molecule has 8 nitrogen and oxygen atoms in total. The van der Waals surface area contributed by atoms with E-state index in [0.717, 1.165) is 21.7 Å². The van der Waals surface area contributed by atoms with Gasteiger partial charge in [0.25, 0.3) is 0 Å². The van der Waals surface area contributed by atoms with Gasteiger partial charge in [-0.2, -0.15) is 0 Å². The molecule has 1 N–H and O–H groups in total. The second-order valence-corrected chi connectivity index (χ2v) is 7.10. The van der Waals surface area contributed by atoms with E-state index >= 15 is 0 Å². The van der Waals surface area contributed by atoms with Crippen LogP contribution in [0.3, 0.4) is 0 Å². The highest BCUT2D eigenvalue weighted by Crippen LogP contribution is 2.33. The molecule has 0 spiro atoms. The van der Waals surface area contributed by atoms with Crippen molar-refractivity contribution < 1.29 is 14.3 Å². The molecule has 144 valence electrons. The number of nitrogens with zero attached hydrogens (tertiary/aromatic N) is 4. The SMILES string of the molecule is CCOC(=O)c1c(NC(=O)/C=C/c2ccc(-n3cnnn3)cc2)sc(C)c1C. The van der Waals surface area contributed by atoms with E-state index in [0.29, 0.717) is 10.6 Å². The maximum Gasteiger partial charge on any atom is 0.341 e. The van der Waals surface area contributed by atoms with Gasteiger partial charge in [0.05, 0.1) is 17.9 Å². The van der Waals surface area contributed by atoms with E-state index in [-0.39, 0.29) is 12.5 Å². The summed E-state index contributed by atoms with van der Waals surface area (Å²) in [5.74, 6) is -0.752. The Morgan fingerprint density at radius 1 is 1.25 bits per heavy atom. The molecule has 2 heterocycles. The monoisotopic (exact) mass is 397 g/mol. The van der Waals surface area contributed by atoms with Crippen LogP contribution < -0.4 is 5.32 Å². The number of tetrazole rings is 1. The van der Waals surface area contributed by atoms with Crippen molar-refractivity contribution in [2.45, 2.75) is 20.8 Å². The highest BCUT2D eigenvalue weighted by atomic mass is 32.1. The lowest BCUT2D eigenvalue weighted by atomic mass is 10.1. The molecule has 0 atom stereocenters. The van der Waals surface area contributed by atoms with E-state index < -0.39 is 5.97 Å². The first-order valence-corrected chi connectivity index (χ1v) is 9.40. The van der Waals surface area contributed by atoms with Crippen LogP contribution in [0, 0.1) is 13.8 Å². The van der Waals surface area contributed by atoms with Crippen LogP contribution in [0.4, 0.5) is 5.00 Å². The number of thiophene rings is 1. The Kier molecular flexibility index (Phi) is 5.95. The lowest BCUT2D eigenvalue weighted by Gasteiger charge is -2.05. The zero-order valence-corrected chi connectivity index (χ0v) is 16.5. The third-order valence-electron chi connectivity index (χ3n) is 4.04. The van der Waals surface area contributed by atoms with Crippen LogP contribution >= 0.6 is 11.3 Å². The van der Waals surface area contributed by atoms with Crippen molar-refractivity contribution in [2.75, 3.05) is 11.9 Å². The average molecular weight is 397 g/mol. The van der Waals surface area contributed by atoms with Crippen LogP contribution in [0.5, 0.6) is 0 Å². The van der Waals surface area contributed by atoms with Gasteiger partial charge in [-0.25, -0.2) is 9.48 Å². The van der Waals surface area contributed by atoms with Crippen LogP contribution in [-0.4, -0.2) is 38.7 Å². The number of benzene rings is 1. The predicted molar refractivity (Wildman–Crippen MR) is 107 cm³/mol. The van der Waals surface area contributed by atoms with Gasteiger partial charge >= 0.3 is 5.97 Å². The summed E-state index contributed by atoms with van der Waals surface area (Å²) in [5.41, 5.74) is 2.89. The molecule has 0 aliphatic carbocycles. The van der Waals surface area contributed by atoms with Gasteiger partial charge in [0, 0.05) is 11.0 Å². The van der Waals surface area contributed by atoms with Gasteiger partial charge in [0.1, 0.15) is 11.3 Å². The molecular weight excluding hydrogens is 378 g/mol. The second kappa shape index (κ2) is 8.57. The summed E-state index contributed by atoms with van der Waals surface area (Å²) in [6.07, 6.45) is 4.62. The lowest BCUT2D eigenvalue weighted by Crippen LogP contribution is -2.12. The fraction of sp³-hybridized carbons (Fsp3) is 0.211. The molecule has 0 aliphatic rings. The zero-order chi connectivity index (χ0) is 20.1. The first kappa shape index (κ1) is 19.4. The highest BCUT2D eigenvalue weighted by Gasteiger charge is 2.21. The highest BCUT2D eigenvalue weighted by molar-refractivity contribution is 7.16. The van der Waals surface area contributed by atoms with Gasteiger partial charge < -0.3 is 10.1 Å². The number of ether oxygens (including phenoxy) is 1. The van der Waals surface area contributed by atoms with Crippen LogP contribution in [-0.2, 0) is 9.53 Å². The minimum Gasteiger partial charge on any atom is -0.462 e. The number of rotatable bonds is 6. The average Bonchev–Trinajstić information content (AvgIpc) is 3.30. The molecule has 9 heteroatoms. The first-order valence-electron chi connectivity index (χ1n) is 8.59. The Hall–Kier alpha value is -3.33. The summed E-state index contributed by atoms with van der Waals surface area (Å²) >= 11 is 1.36. The number of hydrogen-bond donors (Lipinski definition) is 1. The Morgan fingerprint density at radius 3 is 2.64 bits per heavy atom. The number of carbonyl (C=O) groups excluding carboxylic acids is 2. The molecule has 0 fully saturated rings. The smallest absolute Gasteiger partial charge is 0.341 e. The number of nitrogens with one attached hydrogen (secondary N) is 1. The quantitative estimate of drug-likeness (QED) is 0.507. The summed E-state index contributed by atoms with van der Waals surface area (Å²) in [4.78, 5) is 25.5. The first-order chi connectivity index (χ1) is 13.5. The number of aryl methyl sites for hydroxylation is 1. The van der Waals surface area contributed by atoms with E-state index in [1.165, 1.54) is 23.7 Å². The van der Waals surface area contributed by atoms with Crippen molar-refractivity contribution in [3.8, 4) is 5.69 Å². The number of hydrogen-bond acceptors (Lipinski definition) is 7. The molecule has 3 aromatic rings. The van der Waals surface area contributed by atoms with Gasteiger partial charge in [-0.3, -0.25) is 4.79 Å². The normalized spacial score (nSPS) is 11.0.